The molecule has 5 nitrogen and oxygen atoms in total. The fourth-order valence-electron chi connectivity index (χ4n) is 2.33. The Morgan fingerprint density at radius 1 is 1.24 bits per heavy atom. The number of nitriles is 1. The van der Waals surface area contributed by atoms with Gasteiger partial charge in [-0.2, -0.15) is 9.57 Å². The largest absolute Gasteiger partial charge is 0.283 e. The Morgan fingerprint density at radius 2 is 1.86 bits per heavy atom. The lowest BCUT2D eigenvalue weighted by Gasteiger charge is -2.39. The molecule has 0 unspecified atom stereocenters. The highest BCUT2D eigenvalue weighted by Crippen LogP contribution is 2.21. The number of hydrogen-bond acceptors (Lipinski definition) is 4. The smallest absolute Gasteiger partial charge is 0.243 e. The molecule has 0 aromatic heterocycles. The van der Waals surface area contributed by atoms with Gasteiger partial charge in [0.2, 0.25) is 10.0 Å². The van der Waals surface area contributed by atoms with E-state index in [9.17, 15) is 12.8 Å². The molecule has 0 atom stereocenters. The van der Waals surface area contributed by atoms with Crippen molar-refractivity contribution in [1.82, 2.24) is 9.21 Å². The average Bonchev–Trinajstić information content (AvgIpc) is 2.47. The van der Waals surface area contributed by atoms with Crippen molar-refractivity contribution in [2.45, 2.75) is 24.3 Å². The van der Waals surface area contributed by atoms with Gasteiger partial charge < -0.3 is 0 Å². The topological polar surface area (TPSA) is 64.4 Å². The molecule has 21 heavy (non-hydrogen) atoms. The molecule has 1 aliphatic rings. The van der Waals surface area contributed by atoms with Crippen molar-refractivity contribution in [3.63, 3.8) is 0 Å². The molecule has 1 aromatic rings. The maximum Gasteiger partial charge on any atom is 0.243 e. The zero-order chi connectivity index (χ0) is 15.7. The van der Waals surface area contributed by atoms with Gasteiger partial charge in [-0.05, 0) is 32.0 Å². The fourth-order valence-corrected chi connectivity index (χ4v) is 3.79. The van der Waals surface area contributed by atoms with Crippen LogP contribution in [-0.2, 0) is 10.0 Å². The third-order valence-electron chi connectivity index (χ3n) is 3.74. The van der Waals surface area contributed by atoms with Crippen molar-refractivity contribution in [3.8, 4) is 6.07 Å². The lowest BCUT2D eigenvalue weighted by Crippen LogP contribution is -2.55. The van der Waals surface area contributed by atoms with Crippen molar-refractivity contribution in [2.75, 3.05) is 26.2 Å². The molecule has 0 spiro atoms. The van der Waals surface area contributed by atoms with Crippen LogP contribution in [0, 0.1) is 17.1 Å². The van der Waals surface area contributed by atoms with Crippen LogP contribution < -0.4 is 0 Å². The molecule has 1 aliphatic heterocycles. The van der Waals surface area contributed by atoms with Gasteiger partial charge in [0.25, 0.3) is 0 Å². The van der Waals surface area contributed by atoms with Crippen molar-refractivity contribution in [3.05, 3.63) is 30.1 Å². The highest BCUT2D eigenvalue weighted by atomic mass is 32.2. The van der Waals surface area contributed by atoms with Crippen LogP contribution in [-0.4, -0.2) is 49.3 Å². The van der Waals surface area contributed by atoms with Crippen molar-refractivity contribution < 1.29 is 12.8 Å². The molecule has 2 rings (SSSR count). The van der Waals surface area contributed by atoms with Gasteiger partial charge >= 0.3 is 0 Å². The molecule has 0 bridgehead atoms. The second kappa shape index (κ2) is 5.72. The van der Waals surface area contributed by atoms with Gasteiger partial charge in [-0.1, -0.05) is 6.07 Å². The molecule has 0 aliphatic carbocycles. The number of rotatable bonds is 3. The summed E-state index contributed by atoms with van der Waals surface area (Å²) in [5.41, 5.74) is -0.616. The van der Waals surface area contributed by atoms with E-state index < -0.39 is 21.4 Å². The minimum atomic E-state index is -3.68. The molecule has 0 amide bonds. The van der Waals surface area contributed by atoms with Gasteiger partial charge in [-0.3, -0.25) is 4.90 Å². The molecule has 114 valence electrons. The van der Waals surface area contributed by atoms with E-state index >= 15 is 0 Å². The molecular formula is C14H18FN3O2S. The van der Waals surface area contributed by atoms with Crippen LogP contribution in [0.3, 0.4) is 0 Å². The SMILES string of the molecule is CC(C)(C#N)N1CCN(S(=O)(=O)c2cccc(F)c2)CC1. The van der Waals surface area contributed by atoms with Gasteiger partial charge in [-0.15, -0.1) is 0 Å². The second-order valence-electron chi connectivity index (χ2n) is 5.52. The lowest BCUT2D eigenvalue weighted by molar-refractivity contribution is 0.115. The summed E-state index contributed by atoms with van der Waals surface area (Å²) in [5, 5.41) is 9.12. The molecular weight excluding hydrogens is 293 g/mol. The summed E-state index contributed by atoms with van der Waals surface area (Å²) in [7, 11) is -3.68. The first-order chi connectivity index (χ1) is 9.77. The summed E-state index contributed by atoms with van der Waals surface area (Å²) in [6, 6.07) is 7.23. The summed E-state index contributed by atoms with van der Waals surface area (Å²) >= 11 is 0. The van der Waals surface area contributed by atoms with Crippen LogP contribution in [0.15, 0.2) is 29.2 Å². The lowest BCUT2D eigenvalue weighted by atomic mass is 10.0. The maximum absolute atomic E-state index is 13.2. The van der Waals surface area contributed by atoms with Crippen LogP contribution in [0.1, 0.15) is 13.8 Å². The third-order valence-corrected chi connectivity index (χ3v) is 5.63. The molecule has 0 N–H and O–H groups in total. The van der Waals surface area contributed by atoms with Gasteiger partial charge in [-0.25, -0.2) is 12.8 Å². The van der Waals surface area contributed by atoms with Gasteiger partial charge in [0.05, 0.1) is 11.0 Å². The standard InChI is InChI=1S/C14H18FN3O2S/c1-14(2,11-16)17-6-8-18(9-7-17)21(19,20)13-5-3-4-12(15)10-13/h3-5,10H,6-9H2,1-2H3. The molecule has 1 aromatic carbocycles. The molecule has 7 heteroatoms. The summed E-state index contributed by atoms with van der Waals surface area (Å²) in [5.74, 6) is -0.569. The zero-order valence-corrected chi connectivity index (χ0v) is 12.9. The number of halogens is 1. The number of benzene rings is 1. The summed E-state index contributed by atoms with van der Waals surface area (Å²) in [6.45, 7) is 5.17. The Balaban J connectivity index is 2.14. The van der Waals surface area contributed by atoms with Gasteiger partial charge in [0, 0.05) is 26.2 Å². The normalized spacial score (nSPS) is 18.4. The molecule has 1 fully saturated rings. The Bertz CT molecular complexity index is 659. The van der Waals surface area contributed by atoms with Crippen molar-refractivity contribution in [1.29, 1.82) is 5.26 Å². The summed E-state index contributed by atoms with van der Waals surface area (Å²) in [6.07, 6.45) is 0. The second-order valence-corrected chi connectivity index (χ2v) is 7.46. The van der Waals surface area contributed by atoms with Crippen LogP contribution in [0.5, 0.6) is 0 Å². The van der Waals surface area contributed by atoms with Crippen molar-refractivity contribution in [2.24, 2.45) is 0 Å². The fraction of sp³-hybridized carbons (Fsp3) is 0.500. The maximum atomic E-state index is 13.2. The first-order valence-electron chi connectivity index (χ1n) is 6.69. The van der Waals surface area contributed by atoms with E-state index in [-0.39, 0.29) is 4.90 Å². The van der Waals surface area contributed by atoms with E-state index in [4.69, 9.17) is 5.26 Å². The van der Waals surface area contributed by atoms with E-state index in [1.165, 1.54) is 22.5 Å². The molecule has 1 saturated heterocycles. The number of hydrogen-bond donors (Lipinski definition) is 0. The van der Waals surface area contributed by atoms with Crippen LogP contribution in [0.2, 0.25) is 0 Å². The Hall–Kier alpha value is -1.49. The number of nitrogens with zero attached hydrogens (tertiary/aromatic N) is 3. The molecule has 1 heterocycles. The van der Waals surface area contributed by atoms with Gasteiger partial charge in [0.1, 0.15) is 11.4 Å². The third kappa shape index (κ3) is 3.23. The van der Waals surface area contributed by atoms with E-state index in [1.807, 2.05) is 18.7 Å². The first kappa shape index (κ1) is 15.9. The Morgan fingerprint density at radius 3 is 2.38 bits per heavy atom. The predicted molar refractivity (Wildman–Crippen MR) is 76.4 cm³/mol. The number of piperazine rings is 1. The Kier molecular flexibility index (Phi) is 4.33. The van der Waals surface area contributed by atoms with E-state index in [0.29, 0.717) is 26.2 Å². The summed E-state index contributed by atoms with van der Waals surface area (Å²) < 4.78 is 39.4. The first-order valence-corrected chi connectivity index (χ1v) is 8.13. The van der Waals surface area contributed by atoms with Gasteiger partial charge in [0.15, 0.2) is 0 Å². The highest BCUT2D eigenvalue weighted by Gasteiger charge is 2.34. The highest BCUT2D eigenvalue weighted by molar-refractivity contribution is 7.89. The average molecular weight is 311 g/mol. The number of sulfonamides is 1. The van der Waals surface area contributed by atoms with Crippen LogP contribution in [0.25, 0.3) is 0 Å². The predicted octanol–water partition coefficient (Wildman–Crippen LogP) is 1.43. The molecule has 0 saturated carbocycles. The monoisotopic (exact) mass is 311 g/mol. The van der Waals surface area contributed by atoms with E-state index in [1.54, 1.807) is 0 Å². The summed E-state index contributed by atoms with van der Waals surface area (Å²) in [4.78, 5) is 1.92. The molecule has 0 radical (unpaired) electrons. The van der Waals surface area contributed by atoms with Crippen LogP contribution >= 0.6 is 0 Å². The van der Waals surface area contributed by atoms with E-state index in [0.717, 1.165) is 6.07 Å². The zero-order valence-electron chi connectivity index (χ0n) is 12.1. The quantitative estimate of drug-likeness (QED) is 0.847. The Labute approximate surface area is 124 Å². The van der Waals surface area contributed by atoms with Crippen molar-refractivity contribution >= 4 is 10.0 Å². The van der Waals surface area contributed by atoms with E-state index in [2.05, 4.69) is 6.07 Å². The minimum Gasteiger partial charge on any atom is -0.283 e. The minimum absolute atomic E-state index is 0.0320. The van der Waals surface area contributed by atoms with Crippen LogP contribution in [0.4, 0.5) is 4.39 Å².